The first-order chi connectivity index (χ1) is 8.55. The van der Waals surface area contributed by atoms with Gasteiger partial charge in [0.25, 0.3) is 0 Å². The Hall–Kier alpha value is -1.26. The summed E-state index contributed by atoms with van der Waals surface area (Å²) in [6.45, 7) is 2.36. The van der Waals surface area contributed by atoms with E-state index in [1.54, 1.807) is 17.4 Å². The molecule has 0 amide bonds. The quantitative estimate of drug-likeness (QED) is 0.901. The number of hydrogen-bond donors (Lipinski definition) is 1. The fourth-order valence-electron chi connectivity index (χ4n) is 1.96. The molecule has 2 N–H and O–H groups in total. The van der Waals surface area contributed by atoms with Crippen LogP contribution in [0.25, 0.3) is 0 Å². The van der Waals surface area contributed by atoms with E-state index >= 15 is 0 Å². The maximum Gasteiger partial charge on any atom is 0.159 e. The van der Waals surface area contributed by atoms with Crippen molar-refractivity contribution in [3.8, 4) is 0 Å². The Morgan fingerprint density at radius 3 is 2.56 bits per heavy atom. The van der Waals surface area contributed by atoms with Crippen LogP contribution in [-0.2, 0) is 11.8 Å². The molecule has 2 aromatic rings. The van der Waals surface area contributed by atoms with Crippen molar-refractivity contribution in [2.24, 2.45) is 5.73 Å². The standard InChI is InChI=1S/C14H15F2NS/c1-14(9-17,8-11-3-2-6-18-11)10-4-5-12(15)13(16)7-10/h2-7H,8-9,17H2,1H3. The van der Waals surface area contributed by atoms with E-state index in [4.69, 9.17) is 5.73 Å². The van der Waals surface area contributed by atoms with Gasteiger partial charge in [0.05, 0.1) is 0 Å². The monoisotopic (exact) mass is 267 g/mol. The van der Waals surface area contributed by atoms with Crippen molar-refractivity contribution in [2.45, 2.75) is 18.8 Å². The molecule has 1 aromatic carbocycles. The summed E-state index contributed by atoms with van der Waals surface area (Å²) in [5, 5.41) is 2.00. The molecule has 0 saturated heterocycles. The van der Waals surface area contributed by atoms with Gasteiger partial charge >= 0.3 is 0 Å². The van der Waals surface area contributed by atoms with Crippen LogP contribution in [-0.4, -0.2) is 6.54 Å². The van der Waals surface area contributed by atoms with Crippen molar-refractivity contribution >= 4 is 11.3 Å². The zero-order chi connectivity index (χ0) is 13.2. The zero-order valence-electron chi connectivity index (χ0n) is 10.1. The molecule has 1 aromatic heterocycles. The number of halogens is 2. The van der Waals surface area contributed by atoms with Crippen LogP contribution in [0.1, 0.15) is 17.4 Å². The molecule has 1 atom stereocenters. The molecular formula is C14H15F2NS. The molecule has 0 spiro atoms. The van der Waals surface area contributed by atoms with E-state index in [1.165, 1.54) is 10.9 Å². The summed E-state index contributed by atoms with van der Waals surface area (Å²) in [5.74, 6) is -1.65. The van der Waals surface area contributed by atoms with Crippen LogP contribution in [0.3, 0.4) is 0 Å². The van der Waals surface area contributed by atoms with Gasteiger partial charge in [-0.05, 0) is 35.6 Å². The third kappa shape index (κ3) is 2.60. The molecule has 2 rings (SSSR count). The lowest BCUT2D eigenvalue weighted by Crippen LogP contribution is -2.34. The molecule has 0 saturated carbocycles. The van der Waals surface area contributed by atoms with Gasteiger partial charge in [-0.3, -0.25) is 0 Å². The summed E-state index contributed by atoms with van der Waals surface area (Å²) >= 11 is 1.64. The fourth-order valence-corrected chi connectivity index (χ4v) is 2.85. The van der Waals surface area contributed by atoms with Crippen LogP contribution < -0.4 is 5.73 Å². The molecule has 1 heterocycles. The van der Waals surface area contributed by atoms with Gasteiger partial charge in [-0.2, -0.15) is 0 Å². The summed E-state index contributed by atoms with van der Waals surface area (Å²) in [6.07, 6.45) is 0.728. The summed E-state index contributed by atoms with van der Waals surface area (Å²) < 4.78 is 26.3. The van der Waals surface area contributed by atoms with Crippen LogP contribution >= 0.6 is 11.3 Å². The second-order valence-electron chi connectivity index (χ2n) is 4.65. The third-order valence-corrected chi connectivity index (χ3v) is 4.09. The first-order valence-electron chi connectivity index (χ1n) is 5.73. The molecule has 1 unspecified atom stereocenters. The van der Waals surface area contributed by atoms with Gasteiger partial charge in [-0.15, -0.1) is 11.3 Å². The molecule has 18 heavy (non-hydrogen) atoms. The second-order valence-corrected chi connectivity index (χ2v) is 5.68. The number of nitrogens with two attached hydrogens (primary N) is 1. The summed E-state index contributed by atoms with van der Waals surface area (Å²) in [7, 11) is 0. The van der Waals surface area contributed by atoms with E-state index in [-0.39, 0.29) is 5.41 Å². The Kier molecular flexibility index (Phi) is 3.78. The maximum absolute atomic E-state index is 13.3. The molecule has 0 bridgehead atoms. The average molecular weight is 267 g/mol. The van der Waals surface area contributed by atoms with Crippen molar-refractivity contribution in [1.82, 2.24) is 0 Å². The largest absolute Gasteiger partial charge is 0.330 e. The average Bonchev–Trinajstić information content (AvgIpc) is 2.85. The highest BCUT2D eigenvalue weighted by atomic mass is 32.1. The molecular weight excluding hydrogens is 252 g/mol. The lowest BCUT2D eigenvalue weighted by Gasteiger charge is -2.28. The van der Waals surface area contributed by atoms with Gasteiger partial charge in [0.15, 0.2) is 11.6 Å². The SMILES string of the molecule is CC(CN)(Cc1cccs1)c1ccc(F)c(F)c1. The highest BCUT2D eigenvalue weighted by Gasteiger charge is 2.26. The Morgan fingerprint density at radius 1 is 1.22 bits per heavy atom. The summed E-state index contributed by atoms with van der Waals surface area (Å²) in [4.78, 5) is 1.19. The van der Waals surface area contributed by atoms with Gasteiger partial charge in [-0.25, -0.2) is 8.78 Å². The van der Waals surface area contributed by atoms with Gasteiger partial charge in [-0.1, -0.05) is 19.1 Å². The normalized spacial score (nSPS) is 14.4. The van der Waals surface area contributed by atoms with Gasteiger partial charge in [0.2, 0.25) is 0 Å². The minimum Gasteiger partial charge on any atom is -0.330 e. The molecule has 0 radical (unpaired) electrons. The van der Waals surface area contributed by atoms with E-state index < -0.39 is 11.6 Å². The molecule has 0 aliphatic heterocycles. The highest BCUT2D eigenvalue weighted by molar-refractivity contribution is 7.09. The molecule has 96 valence electrons. The predicted molar refractivity (Wildman–Crippen MR) is 70.8 cm³/mol. The zero-order valence-corrected chi connectivity index (χ0v) is 10.9. The summed E-state index contributed by atoms with van der Waals surface area (Å²) in [6, 6.07) is 8.02. The van der Waals surface area contributed by atoms with Crippen LogP contribution in [0.15, 0.2) is 35.7 Å². The summed E-state index contributed by atoms with van der Waals surface area (Å²) in [5.41, 5.74) is 6.19. The number of hydrogen-bond acceptors (Lipinski definition) is 2. The van der Waals surface area contributed by atoms with E-state index in [0.717, 1.165) is 18.1 Å². The first kappa shape index (κ1) is 13.2. The van der Waals surface area contributed by atoms with Crippen LogP contribution in [0.5, 0.6) is 0 Å². The van der Waals surface area contributed by atoms with E-state index in [2.05, 4.69) is 0 Å². The number of rotatable bonds is 4. The molecule has 1 nitrogen and oxygen atoms in total. The lowest BCUT2D eigenvalue weighted by molar-refractivity contribution is 0.467. The minimum absolute atomic E-state index is 0.376. The van der Waals surface area contributed by atoms with Crippen molar-refractivity contribution < 1.29 is 8.78 Å². The van der Waals surface area contributed by atoms with Crippen molar-refractivity contribution in [3.05, 3.63) is 57.8 Å². The predicted octanol–water partition coefficient (Wildman–Crippen LogP) is 3.49. The maximum atomic E-state index is 13.3. The molecule has 0 aliphatic rings. The van der Waals surface area contributed by atoms with Gasteiger partial charge in [0, 0.05) is 16.8 Å². The van der Waals surface area contributed by atoms with Crippen LogP contribution in [0.2, 0.25) is 0 Å². The van der Waals surface area contributed by atoms with Gasteiger partial charge in [0.1, 0.15) is 0 Å². The molecule has 0 aliphatic carbocycles. The smallest absolute Gasteiger partial charge is 0.159 e. The number of benzene rings is 1. The second kappa shape index (κ2) is 5.16. The van der Waals surface area contributed by atoms with Crippen molar-refractivity contribution in [1.29, 1.82) is 0 Å². The van der Waals surface area contributed by atoms with Crippen molar-refractivity contribution in [3.63, 3.8) is 0 Å². The van der Waals surface area contributed by atoms with Gasteiger partial charge < -0.3 is 5.73 Å². The minimum atomic E-state index is -0.825. The Balaban J connectivity index is 2.33. The van der Waals surface area contributed by atoms with E-state index in [1.807, 2.05) is 24.4 Å². The molecule has 4 heteroatoms. The third-order valence-electron chi connectivity index (χ3n) is 3.21. The van der Waals surface area contributed by atoms with Crippen LogP contribution in [0.4, 0.5) is 8.78 Å². The van der Waals surface area contributed by atoms with Crippen LogP contribution in [0, 0.1) is 11.6 Å². The Labute approximate surface area is 109 Å². The van der Waals surface area contributed by atoms with E-state index in [9.17, 15) is 8.78 Å². The number of thiophene rings is 1. The fraction of sp³-hybridized carbons (Fsp3) is 0.286. The first-order valence-corrected chi connectivity index (χ1v) is 6.61. The Morgan fingerprint density at radius 2 is 2.00 bits per heavy atom. The van der Waals surface area contributed by atoms with Crippen molar-refractivity contribution in [2.75, 3.05) is 6.54 Å². The van der Waals surface area contributed by atoms with E-state index in [0.29, 0.717) is 6.54 Å². The topological polar surface area (TPSA) is 26.0 Å². The molecule has 0 fully saturated rings. The Bertz CT molecular complexity index is 525. The lowest BCUT2D eigenvalue weighted by atomic mass is 9.79. The highest BCUT2D eigenvalue weighted by Crippen LogP contribution is 2.29.